The summed E-state index contributed by atoms with van der Waals surface area (Å²) in [5.41, 5.74) is 0.535. The molecule has 0 heterocycles. The summed E-state index contributed by atoms with van der Waals surface area (Å²) in [6, 6.07) is 28.0. The van der Waals surface area contributed by atoms with Gasteiger partial charge in [-0.2, -0.15) is 0 Å². The van der Waals surface area contributed by atoms with E-state index in [0.29, 0.717) is 44.0 Å². The van der Waals surface area contributed by atoms with Gasteiger partial charge >= 0.3 is 17.9 Å². The summed E-state index contributed by atoms with van der Waals surface area (Å²) < 4.78 is 54.1. The van der Waals surface area contributed by atoms with Gasteiger partial charge < -0.3 is 52.1 Å². The van der Waals surface area contributed by atoms with Crippen LogP contribution in [0.25, 0.3) is 0 Å². The third kappa shape index (κ3) is 159. The van der Waals surface area contributed by atoms with E-state index in [1.807, 2.05) is 184 Å². The lowest BCUT2D eigenvalue weighted by molar-refractivity contribution is -0.143. The molecule has 0 radical (unpaired) electrons. The molecule has 3 saturated carbocycles. The molecule has 14 nitrogen and oxygen atoms in total. The highest BCUT2D eigenvalue weighted by Gasteiger charge is 2.21. The molecule has 0 aromatic heterocycles. The molecule has 115 heavy (non-hydrogen) atoms. The van der Waals surface area contributed by atoms with Crippen molar-refractivity contribution in [2.24, 2.45) is 5.92 Å². The van der Waals surface area contributed by atoms with Gasteiger partial charge in [-0.3, -0.25) is 9.59 Å². The fourth-order valence-electron chi connectivity index (χ4n) is 7.26. The van der Waals surface area contributed by atoms with Crippen LogP contribution in [0.3, 0.4) is 0 Å². The van der Waals surface area contributed by atoms with Gasteiger partial charge in [0.25, 0.3) is 0 Å². The van der Waals surface area contributed by atoms with Gasteiger partial charge in [-0.05, 0) is 115 Å². The Hall–Kier alpha value is -7.65. The van der Waals surface area contributed by atoms with Crippen LogP contribution in [-0.4, -0.2) is 82.5 Å². The van der Waals surface area contributed by atoms with Crippen molar-refractivity contribution in [3.05, 3.63) is 224 Å². The maximum absolute atomic E-state index is 11.1. The van der Waals surface area contributed by atoms with Crippen molar-refractivity contribution in [1.82, 2.24) is 0 Å². The van der Waals surface area contributed by atoms with Crippen LogP contribution >= 0.6 is 0 Å². The van der Waals surface area contributed by atoms with E-state index in [2.05, 4.69) is 80.0 Å². The van der Waals surface area contributed by atoms with E-state index in [1.165, 1.54) is 95.7 Å². The molecule has 704 valence electrons. The number of hydrogen-bond donors (Lipinski definition) is 0. The first-order valence-electron chi connectivity index (χ1n) is 36.2. The molecule has 3 aliphatic carbocycles. The zero-order chi connectivity index (χ0) is 77.5. The topological polar surface area (TPSA) is 153 Å². The van der Waals surface area contributed by atoms with Gasteiger partial charge in [-0.15, -0.1) is 13.2 Å². The summed E-state index contributed by atoms with van der Waals surface area (Å²) in [6.45, 7) is 72.6. The van der Waals surface area contributed by atoms with Crippen molar-refractivity contribution in [1.29, 1.82) is 0 Å². The molecule has 0 aliphatic heterocycles. The third-order valence-electron chi connectivity index (χ3n) is 11.4. The van der Waals surface area contributed by atoms with Gasteiger partial charge in [-0.25, -0.2) is 4.79 Å². The first-order valence-corrected chi connectivity index (χ1v) is 36.2. The highest BCUT2D eigenvalue weighted by molar-refractivity contribution is 5.89. The average Bonchev–Trinajstić information content (AvgIpc) is 0.929. The Morgan fingerprint density at radius 3 is 1.05 bits per heavy atom. The molecule has 14 heteroatoms. The molecule has 0 saturated heterocycles. The minimum atomic E-state index is -0.374. The van der Waals surface area contributed by atoms with Gasteiger partial charge in [0.2, 0.25) is 0 Å². The van der Waals surface area contributed by atoms with Crippen molar-refractivity contribution in [2.75, 3.05) is 46.2 Å². The number of benzene rings is 3. The van der Waals surface area contributed by atoms with E-state index in [1.54, 1.807) is 49.6 Å². The van der Waals surface area contributed by atoms with Gasteiger partial charge in [0, 0.05) is 23.9 Å². The van der Waals surface area contributed by atoms with Crippen LogP contribution in [0.1, 0.15) is 354 Å². The normalized spacial score (nSPS) is 10.1. The molecule has 0 amide bonds. The van der Waals surface area contributed by atoms with Gasteiger partial charge in [0.15, 0.2) is 0 Å². The molecule has 3 aromatic rings. The molecular weight excluding hydrogens is 1440 g/mol. The average molecular weight is 1650 g/mol. The summed E-state index contributed by atoms with van der Waals surface area (Å²) in [5.74, 6) is 1.15. The number of ether oxygens (including phenoxy) is 11. The molecule has 3 fully saturated rings. The van der Waals surface area contributed by atoms with E-state index in [0.717, 1.165) is 76.1 Å². The Labute approximate surface area is 730 Å². The second kappa shape index (κ2) is 178. The zero-order valence-corrected chi connectivity index (χ0v) is 65.8. The monoisotopic (exact) mass is 1650 g/mol. The van der Waals surface area contributed by atoms with Crippen LogP contribution < -0.4 is 9.47 Å². The van der Waals surface area contributed by atoms with Gasteiger partial charge in [-0.1, -0.05) is 379 Å². The Morgan fingerprint density at radius 2 is 0.757 bits per heavy atom. The van der Waals surface area contributed by atoms with Crippen LogP contribution in [0.15, 0.2) is 219 Å². The van der Waals surface area contributed by atoms with Crippen molar-refractivity contribution < 1.29 is 70.8 Å². The van der Waals surface area contributed by atoms with E-state index >= 15 is 0 Å². The smallest absolute Gasteiger partial charge is 0.342 e. The lowest BCUT2D eigenvalue weighted by Gasteiger charge is -2.20. The SMILES string of the molecule is C.C.C.C.C.C.C.C.C.C.C.C.C.C.C.C.C=CCOC1CCCCC1.C=CCOCC.C=CCOc1ccccc1.C=COC(=O)C1CCCCC1.C=COC(=O)CC.C=COC(=O)c1ccccc1.C=COC(C)COCC.C=COC1CCCCC1.C=COCC.C=COc1ccccc1.CC.CC.CC.CC.CC.CC.[HH].[HH].[HH]. The predicted octanol–water partition coefficient (Wildman–Crippen LogP) is 35.8. The number of para-hydroxylation sites is 2. The van der Waals surface area contributed by atoms with Crippen LogP contribution in [0.5, 0.6) is 11.5 Å². The van der Waals surface area contributed by atoms with Crippen LogP contribution in [0, 0.1) is 5.92 Å². The fourth-order valence-corrected chi connectivity index (χ4v) is 7.26. The van der Waals surface area contributed by atoms with Crippen LogP contribution in [0.4, 0.5) is 0 Å². The third-order valence-corrected chi connectivity index (χ3v) is 11.4. The molecule has 0 spiro atoms. The fraction of sp³-hybridized carbons (Fsp3) is 0.594. The molecule has 0 bridgehead atoms. The highest BCUT2D eigenvalue weighted by atomic mass is 16.5. The molecule has 6 rings (SSSR count). The first-order chi connectivity index (χ1) is 48.4. The predicted molar refractivity (Wildman–Crippen MR) is 540 cm³/mol. The van der Waals surface area contributed by atoms with E-state index in [-0.39, 0.29) is 153 Å². The quantitative estimate of drug-likeness (QED) is 0.0246. The van der Waals surface area contributed by atoms with Crippen molar-refractivity contribution in [3.63, 3.8) is 0 Å². The van der Waals surface area contributed by atoms with Crippen LogP contribution in [0.2, 0.25) is 0 Å². The lowest BCUT2D eigenvalue weighted by Crippen LogP contribution is -2.18. The summed E-state index contributed by atoms with van der Waals surface area (Å²) in [6.07, 6.45) is 34.9. The van der Waals surface area contributed by atoms with Crippen molar-refractivity contribution in [3.8, 4) is 11.5 Å². The first kappa shape index (κ1) is 183. The Morgan fingerprint density at radius 1 is 0.391 bits per heavy atom. The molecule has 0 N–H and O–H groups in total. The Balaban J connectivity index is -0.0000000269. The summed E-state index contributed by atoms with van der Waals surface area (Å²) in [5, 5.41) is 0. The Kier molecular flexibility index (Phi) is 285. The van der Waals surface area contributed by atoms with Crippen molar-refractivity contribution >= 4 is 17.9 Å². The maximum Gasteiger partial charge on any atom is 0.342 e. The second-order valence-corrected chi connectivity index (χ2v) is 18.2. The minimum absolute atomic E-state index is 0. The minimum Gasteiger partial charge on any atom is -0.502 e. The second-order valence-electron chi connectivity index (χ2n) is 18.2. The number of carbonyl (C=O) groups excluding carboxylic acids is 3. The zero-order valence-electron chi connectivity index (χ0n) is 65.8. The number of carbonyl (C=O) groups is 3. The number of rotatable bonds is 26. The summed E-state index contributed by atoms with van der Waals surface area (Å²) in [4.78, 5) is 32.2. The van der Waals surface area contributed by atoms with Gasteiger partial charge in [0.1, 0.15) is 24.2 Å². The molecule has 1 unspecified atom stereocenters. The summed E-state index contributed by atoms with van der Waals surface area (Å²) in [7, 11) is 0. The standard InChI is InChI=1S/C9H14O2.C9H8O2.C9H16O.C9H10O.C8H14O.C8H8O.C7H14O2.C5H8O2.C5H10O.C4H8O.6C2H6.16CH4.3H2/c2*1-2-11-9(10)8-6-4-3-5-7-8;2*1-2-8-10-9-6-4-3-5-7-9;2*1-2-9-8-6-4-3-5-7-8;1-4-8-6-7(3)9-5-2;1-3-5(6)7-4-2;1-3-5-6-4-2;1-3-5-4-2;6*1-2;;;;;;;;;;;;;;;;;;;/h2,8H,1,3-7H2;2-7H,1H2;2,9H,1,3-8H2;2-7H,1,8H2;2,8H,1,3-7H2;2-7H,1H2;5,7H,2,4,6H2,1,3H3;4H,2-3H2,1H3;3H,1,4-5H2,2H3;3H,1,4H2,2H3;6*1-2H3;16*1H4;3*1H. The largest absolute Gasteiger partial charge is 0.502 e. The molecule has 1 atom stereocenters. The number of hydrogen-bond acceptors (Lipinski definition) is 14. The summed E-state index contributed by atoms with van der Waals surface area (Å²) >= 11 is 0. The van der Waals surface area contributed by atoms with E-state index in [4.69, 9.17) is 37.9 Å². The molecule has 3 aliphatic rings. The number of esters is 3. The van der Waals surface area contributed by atoms with E-state index < -0.39 is 0 Å². The lowest BCUT2D eigenvalue weighted by atomic mass is 9.89. The van der Waals surface area contributed by atoms with Gasteiger partial charge in [0.05, 0.1) is 94.0 Å². The van der Waals surface area contributed by atoms with E-state index in [9.17, 15) is 14.4 Å². The van der Waals surface area contributed by atoms with Crippen molar-refractivity contribution in [2.45, 2.75) is 358 Å². The highest BCUT2D eigenvalue weighted by Crippen LogP contribution is 2.25. The Bertz CT molecular complexity index is 2120. The van der Waals surface area contributed by atoms with Crippen LogP contribution in [-0.2, 0) is 52.2 Å². The molecular formula is C101H216O14. The maximum atomic E-state index is 11.1. The molecule has 3 aromatic carbocycles.